The van der Waals surface area contributed by atoms with Crippen LogP contribution < -0.4 is 5.32 Å². The van der Waals surface area contributed by atoms with Crippen molar-refractivity contribution >= 4 is 5.82 Å². The van der Waals surface area contributed by atoms with Crippen molar-refractivity contribution in [1.82, 2.24) is 14.9 Å². The zero-order valence-electron chi connectivity index (χ0n) is 13.6. The molecule has 5 heteroatoms. The molecule has 2 aliphatic carbocycles. The molecule has 22 heavy (non-hydrogen) atoms. The van der Waals surface area contributed by atoms with Gasteiger partial charge in [0.25, 0.3) is 0 Å². The molecule has 0 aromatic carbocycles. The molecular formula is C17H28N4O. The molecule has 0 atom stereocenters. The van der Waals surface area contributed by atoms with Crippen LogP contribution in [0.3, 0.4) is 0 Å². The number of nitrogens with zero attached hydrogens (tertiary/aromatic N) is 3. The van der Waals surface area contributed by atoms with Crippen molar-refractivity contribution in [2.24, 2.45) is 0 Å². The van der Waals surface area contributed by atoms with Crippen molar-refractivity contribution in [1.29, 1.82) is 0 Å². The first-order valence-corrected chi connectivity index (χ1v) is 8.62. The van der Waals surface area contributed by atoms with Crippen LogP contribution in [-0.4, -0.2) is 52.3 Å². The van der Waals surface area contributed by atoms with Crippen LogP contribution in [0.1, 0.15) is 56.7 Å². The molecule has 1 heterocycles. The summed E-state index contributed by atoms with van der Waals surface area (Å²) in [6, 6.07) is 1.97. The molecular weight excluding hydrogens is 276 g/mol. The van der Waals surface area contributed by atoms with Crippen molar-refractivity contribution in [2.45, 2.75) is 56.4 Å². The standard InChI is InChI=1S/C17H28N4O/c1-21(11-12-22)17(8-3-2-4-9-17)13-19-15-7-10-18-16(20-15)14-5-6-14/h7,10,14,22H,2-6,8-9,11-13H2,1H3,(H,18,19,20). The van der Waals surface area contributed by atoms with Crippen molar-refractivity contribution in [3.8, 4) is 0 Å². The minimum absolute atomic E-state index is 0.145. The van der Waals surface area contributed by atoms with Gasteiger partial charge in [-0.1, -0.05) is 19.3 Å². The molecule has 0 amide bonds. The Hall–Kier alpha value is -1.20. The van der Waals surface area contributed by atoms with E-state index in [1.165, 1.54) is 44.9 Å². The lowest BCUT2D eigenvalue weighted by Gasteiger charge is -2.45. The van der Waals surface area contributed by atoms with Crippen LogP contribution in [0.4, 0.5) is 5.82 Å². The maximum absolute atomic E-state index is 9.29. The number of aromatic nitrogens is 2. The predicted octanol–water partition coefficient (Wildman–Crippen LogP) is 2.39. The number of nitrogens with one attached hydrogen (secondary N) is 1. The average molecular weight is 304 g/mol. The highest BCUT2D eigenvalue weighted by atomic mass is 16.3. The van der Waals surface area contributed by atoms with E-state index in [2.05, 4.69) is 27.2 Å². The summed E-state index contributed by atoms with van der Waals surface area (Å²) in [6.45, 7) is 1.85. The molecule has 0 radical (unpaired) electrons. The largest absolute Gasteiger partial charge is 0.395 e. The van der Waals surface area contributed by atoms with E-state index in [-0.39, 0.29) is 12.1 Å². The Bertz CT molecular complexity index is 483. The molecule has 5 nitrogen and oxygen atoms in total. The van der Waals surface area contributed by atoms with Crippen LogP contribution in [0.2, 0.25) is 0 Å². The maximum Gasteiger partial charge on any atom is 0.133 e. The van der Waals surface area contributed by atoms with Gasteiger partial charge >= 0.3 is 0 Å². The molecule has 1 aromatic heterocycles. The van der Waals surface area contributed by atoms with Gasteiger partial charge in [0.1, 0.15) is 11.6 Å². The molecule has 0 saturated heterocycles. The quantitative estimate of drug-likeness (QED) is 0.810. The van der Waals surface area contributed by atoms with Crippen molar-refractivity contribution in [3.63, 3.8) is 0 Å². The van der Waals surface area contributed by atoms with Crippen molar-refractivity contribution in [2.75, 3.05) is 32.1 Å². The van der Waals surface area contributed by atoms with Gasteiger partial charge in [-0.2, -0.15) is 0 Å². The van der Waals surface area contributed by atoms with Gasteiger partial charge in [0.15, 0.2) is 0 Å². The summed E-state index contributed by atoms with van der Waals surface area (Å²) in [5.74, 6) is 2.52. The molecule has 0 aliphatic heterocycles. The highest BCUT2D eigenvalue weighted by Crippen LogP contribution is 2.38. The topological polar surface area (TPSA) is 61.3 Å². The summed E-state index contributed by atoms with van der Waals surface area (Å²) < 4.78 is 0. The molecule has 0 unspecified atom stereocenters. The summed E-state index contributed by atoms with van der Waals surface area (Å²) in [5.41, 5.74) is 0.145. The fourth-order valence-corrected chi connectivity index (χ4v) is 3.56. The lowest BCUT2D eigenvalue weighted by molar-refractivity contribution is 0.0690. The minimum atomic E-state index is 0.145. The number of anilines is 1. The fraction of sp³-hybridized carbons (Fsp3) is 0.765. The second-order valence-electron chi connectivity index (χ2n) is 6.86. The summed E-state index contributed by atoms with van der Waals surface area (Å²) in [6.07, 6.45) is 10.6. The zero-order chi connectivity index (χ0) is 15.4. The summed E-state index contributed by atoms with van der Waals surface area (Å²) in [5, 5.41) is 12.8. The molecule has 0 bridgehead atoms. The number of rotatable bonds is 7. The van der Waals surface area contributed by atoms with E-state index < -0.39 is 0 Å². The first kappa shape index (κ1) is 15.7. The summed E-state index contributed by atoms with van der Waals surface area (Å²) in [4.78, 5) is 11.4. The normalized spacial score (nSPS) is 21.0. The molecule has 2 fully saturated rings. The van der Waals surface area contributed by atoms with Crippen LogP contribution in [0.5, 0.6) is 0 Å². The van der Waals surface area contributed by atoms with Gasteiger partial charge in [-0.3, -0.25) is 4.90 Å². The molecule has 2 aliphatic rings. The number of β-amino-alcohol motifs (C(OH)–C–C–N with tert-alkyl or cyclic N) is 1. The Kier molecular flexibility index (Phi) is 4.93. The number of likely N-dealkylation sites (N-methyl/N-ethyl adjacent to an activating group) is 1. The number of aliphatic hydroxyl groups excluding tert-OH is 1. The summed E-state index contributed by atoms with van der Waals surface area (Å²) in [7, 11) is 2.14. The molecule has 2 saturated carbocycles. The van der Waals surface area contributed by atoms with E-state index in [1.807, 2.05) is 12.3 Å². The lowest BCUT2D eigenvalue weighted by Crippen LogP contribution is -2.53. The molecule has 0 spiro atoms. The Morgan fingerprint density at radius 2 is 2.09 bits per heavy atom. The molecule has 3 rings (SSSR count). The maximum atomic E-state index is 9.29. The van der Waals surface area contributed by atoms with E-state index in [0.29, 0.717) is 5.92 Å². The van der Waals surface area contributed by atoms with Gasteiger partial charge in [0.05, 0.1) is 6.61 Å². The highest BCUT2D eigenvalue weighted by molar-refractivity contribution is 5.34. The van der Waals surface area contributed by atoms with Gasteiger partial charge in [-0.15, -0.1) is 0 Å². The number of hydrogen-bond acceptors (Lipinski definition) is 5. The highest BCUT2D eigenvalue weighted by Gasteiger charge is 2.35. The van der Waals surface area contributed by atoms with Crippen LogP contribution in [0.15, 0.2) is 12.3 Å². The summed E-state index contributed by atoms with van der Waals surface area (Å²) >= 11 is 0. The van der Waals surface area contributed by atoms with Crippen LogP contribution in [-0.2, 0) is 0 Å². The van der Waals surface area contributed by atoms with E-state index in [0.717, 1.165) is 24.7 Å². The number of aliphatic hydroxyl groups is 1. The Balaban J connectivity index is 1.66. The van der Waals surface area contributed by atoms with Crippen molar-refractivity contribution < 1.29 is 5.11 Å². The van der Waals surface area contributed by atoms with Gasteiger partial charge in [-0.25, -0.2) is 9.97 Å². The Labute approximate surface area is 133 Å². The molecule has 2 N–H and O–H groups in total. The Morgan fingerprint density at radius 1 is 1.32 bits per heavy atom. The third kappa shape index (κ3) is 3.58. The van der Waals surface area contributed by atoms with Gasteiger partial charge in [0, 0.05) is 30.7 Å². The first-order chi connectivity index (χ1) is 10.7. The second-order valence-corrected chi connectivity index (χ2v) is 6.86. The minimum Gasteiger partial charge on any atom is -0.395 e. The van der Waals surface area contributed by atoms with Crippen LogP contribution in [0, 0.1) is 0 Å². The van der Waals surface area contributed by atoms with E-state index in [9.17, 15) is 5.11 Å². The first-order valence-electron chi connectivity index (χ1n) is 8.62. The van der Waals surface area contributed by atoms with E-state index in [1.54, 1.807) is 0 Å². The van der Waals surface area contributed by atoms with Gasteiger partial charge in [0.2, 0.25) is 0 Å². The van der Waals surface area contributed by atoms with Gasteiger partial charge < -0.3 is 10.4 Å². The fourth-order valence-electron chi connectivity index (χ4n) is 3.56. The van der Waals surface area contributed by atoms with E-state index in [4.69, 9.17) is 0 Å². The predicted molar refractivity (Wildman–Crippen MR) is 88.0 cm³/mol. The zero-order valence-corrected chi connectivity index (χ0v) is 13.6. The lowest BCUT2D eigenvalue weighted by atomic mass is 9.80. The average Bonchev–Trinajstić information content (AvgIpc) is 3.39. The molecule has 1 aromatic rings. The monoisotopic (exact) mass is 304 g/mol. The Morgan fingerprint density at radius 3 is 2.77 bits per heavy atom. The third-order valence-electron chi connectivity index (χ3n) is 5.24. The van der Waals surface area contributed by atoms with Crippen LogP contribution >= 0.6 is 0 Å². The van der Waals surface area contributed by atoms with E-state index >= 15 is 0 Å². The second kappa shape index (κ2) is 6.92. The molecule has 122 valence electrons. The smallest absolute Gasteiger partial charge is 0.133 e. The van der Waals surface area contributed by atoms with Crippen molar-refractivity contribution in [3.05, 3.63) is 18.1 Å². The van der Waals surface area contributed by atoms with Crippen LogP contribution in [0.25, 0.3) is 0 Å². The SMILES string of the molecule is CN(CCO)C1(CNc2ccnc(C3CC3)n2)CCCCC1. The third-order valence-corrected chi connectivity index (χ3v) is 5.24. The van der Waals surface area contributed by atoms with Gasteiger partial charge in [-0.05, 0) is 38.8 Å². The number of hydrogen-bond donors (Lipinski definition) is 2.